The summed E-state index contributed by atoms with van der Waals surface area (Å²) in [6, 6.07) is 9.61. The summed E-state index contributed by atoms with van der Waals surface area (Å²) >= 11 is 0. The van der Waals surface area contributed by atoms with Gasteiger partial charge in [-0.2, -0.15) is 0 Å². The van der Waals surface area contributed by atoms with E-state index in [1.165, 1.54) is 0 Å². The number of halogens is 1. The molecule has 0 aromatic heterocycles. The van der Waals surface area contributed by atoms with Crippen molar-refractivity contribution in [1.82, 2.24) is 9.80 Å². The number of carbonyl (C=O) groups is 1. The van der Waals surface area contributed by atoms with E-state index in [0.29, 0.717) is 0 Å². The Bertz CT molecular complexity index is 436. The molecule has 0 bridgehead atoms. The van der Waals surface area contributed by atoms with Gasteiger partial charge in [-0.15, -0.1) is 12.4 Å². The minimum Gasteiger partial charge on any atom is -0.339 e. The normalized spacial score (nSPS) is 19.6. The number of nitrogens with two attached hydrogens (primary N) is 1. The van der Waals surface area contributed by atoms with Gasteiger partial charge in [0.15, 0.2) is 0 Å². The van der Waals surface area contributed by atoms with Gasteiger partial charge < -0.3 is 15.5 Å². The van der Waals surface area contributed by atoms with E-state index in [4.69, 9.17) is 5.73 Å². The molecule has 1 unspecified atom stereocenters. The second-order valence-electron chi connectivity index (χ2n) is 5.52. The maximum absolute atomic E-state index is 12.7. The molecule has 1 fully saturated rings. The summed E-state index contributed by atoms with van der Waals surface area (Å²) in [7, 11) is 2.09. The van der Waals surface area contributed by atoms with Crippen molar-refractivity contribution >= 4 is 18.3 Å². The Morgan fingerprint density at radius 1 is 1.15 bits per heavy atom. The van der Waals surface area contributed by atoms with Gasteiger partial charge >= 0.3 is 0 Å². The molecule has 0 saturated carbocycles. The van der Waals surface area contributed by atoms with Crippen LogP contribution in [0.15, 0.2) is 30.3 Å². The molecule has 1 saturated heterocycles. The lowest BCUT2D eigenvalue weighted by Gasteiger charge is -2.31. The van der Waals surface area contributed by atoms with Gasteiger partial charge in [-0.25, -0.2) is 0 Å². The molecule has 0 radical (unpaired) electrons. The summed E-state index contributed by atoms with van der Waals surface area (Å²) in [5, 5.41) is 0. The molecule has 1 amide bonds. The minimum absolute atomic E-state index is 0. The molecule has 112 valence electrons. The monoisotopic (exact) mass is 297 g/mol. The Kier molecular flexibility index (Phi) is 5.99. The molecule has 1 aliphatic heterocycles. The average molecular weight is 298 g/mol. The number of hydrogen-bond acceptors (Lipinski definition) is 3. The second kappa shape index (κ2) is 7.07. The fraction of sp³-hybridized carbons (Fsp3) is 0.533. The van der Waals surface area contributed by atoms with E-state index in [2.05, 4.69) is 11.9 Å². The zero-order chi connectivity index (χ0) is 13.9. The van der Waals surface area contributed by atoms with E-state index in [1.54, 1.807) is 6.92 Å². The fourth-order valence-electron chi connectivity index (χ4n) is 2.49. The Hall–Kier alpha value is -1.10. The van der Waals surface area contributed by atoms with Crippen LogP contribution in [0.3, 0.4) is 0 Å². The highest BCUT2D eigenvalue weighted by Crippen LogP contribution is 2.21. The molecule has 0 spiro atoms. The van der Waals surface area contributed by atoms with Crippen LogP contribution < -0.4 is 5.73 Å². The van der Waals surface area contributed by atoms with E-state index in [9.17, 15) is 4.79 Å². The van der Waals surface area contributed by atoms with Crippen molar-refractivity contribution in [3.05, 3.63) is 35.9 Å². The molecule has 1 heterocycles. The maximum atomic E-state index is 12.7. The SMILES string of the molecule is CN1CCCN(C(=O)C(C)(N)c2ccccc2)CC1.Cl. The minimum atomic E-state index is -0.940. The number of nitrogens with zero attached hydrogens (tertiary/aromatic N) is 2. The maximum Gasteiger partial charge on any atom is 0.247 e. The van der Waals surface area contributed by atoms with Crippen molar-refractivity contribution in [2.75, 3.05) is 33.2 Å². The van der Waals surface area contributed by atoms with Gasteiger partial charge in [-0.1, -0.05) is 30.3 Å². The van der Waals surface area contributed by atoms with E-state index < -0.39 is 5.54 Å². The second-order valence-corrected chi connectivity index (χ2v) is 5.52. The lowest BCUT2D eigenvalue weighted by atomic mass is 9.91. The predicted octanol–water partition coefficient (Wildman–Crippen LogP) is 1.45. The van der Waals surface area contributed by atoms with Crippen molar-refractivity contribution in [3.8, 4) is 0 Å². The Balaban J connectivity index is 0.00000200. The van der Waals surface area contributed by atoms with Crippen molar-refractivity contribution in [2.45, 2.75) is 18.9 Å². The van der Waals surface area contributed by atoms with Crippen molar-refractivity contribution in [3.63, 3.8) is 0 Å². The van der Waals surface area contributed by atoms with E-state index in [1.807, 2.05) is 35.2 Å². The topological polar surface area (TPSA) is 49.6 Å². The van der Waals surface area contributed by atoms with Gasteiger partial charge in [0.05, 0.1) is 0 Å². The summed E-state index contributed by atoms with van der Waals surface area (Å²) in [5.74, 6) is 0.0222. The van der Waals surface area contributed by atoms with Gasteiger partial charge in [-0.3, -0.25) is 4.79 Å². The highest BCUT2D eigenvalue weighted by Gasteiger charge is 2.34. The van der Waals surface area contributed by atoms with Crippen molar-refractivity contribution in [2.24, 2.45) is 5.73 Å². The predicted molar refractivity (Wildman–Crippen MR) is 83.9 cm³/mol. The van der Waals surface area contributed by atoms with Crippen LogP contribution in [0.4, 0.5) is 0 Å². The number of hydrogen-bond donors (Lipinski definition) is 1. The first kappa shape index (κ1) is 17.0. The summed E-state index contributed by atoms with van der Waals surface area (Å²) < 4.78 is 0. The molecular formula is C15H24ClN3O. The lowest BCUT2D eigenvalue weighted by molar-refractivity contribution is -0.136. The molecule has 5 heteroatoms. The third-order valence-electron chi connectivity index (χ3n) is 3.82. The average Bonchev–Trinajstić information content (AvgIpc) is 2.63. The molecule has 1 atom stereocenters. The first-order valence-corrected chi connectivity index (χ1v) is 6.84. The van der Waals surface area contributed by atoms with Crippen LogP contribution >= 0.6 is 12.4 Å². The summed E-state index contributed by atoms with van der Waals surface area (Å²) in [4.78, 5) is 16.8. The van der Waals surface area contributed by atoms with E-state index >= 15 is 0 Å². The molecule has 1 aromatic rings. The van der Waals surface area contributed by atoms with Gasteiger partial charge in [0.25, 0.3) is 0 Å². The highest BCUT2D eigenvalue weighted by molar-refractivity contribution is 5.87. The molecule has 0 aliphatic carbocycles. The number of rotatable bonds is 2. The molecule has 4 nitrogen and oxygen atoms in total. The third kappa shape index (κ3) is 3.72. The zero-order valence-electron chi connectivity index (χ0n) is 12.2. The largest absolute Gasteiger partial charge is 0.339 e. The number of likely N-dealkylation sites (N-methyl/N-ethyl adjacent to an activating group) is 1. The Morgan fingerprint density at radius 2 is 1.80 bits per heavy atom. The quantitative estimate of drug-likeness (QED) is 0.899. The Labute approximate surface area is 127 Å². The van der Waals surface area contributed by atoms with Crippen LogP contribution in [-0.2, 0) is 10.3 Å². The highest BCUT2D eigenvalue weighted by atomic mass is 35.5. The smallest absolute Gasteiger partial charge is 0.247 e. The summed E-state index contributed by atoms with van der Waals surface area (Å²) in [6.07, 6.45) is 1.01. The van der Waals surface area contributed by atoms with Crippen molar-refractivity contribution < 1.29 is 4.79 Å². The van der Waals surface area contributed by atoms with Crippen LogP contribution in [0.2, 0.25) is 0 Å². The summed E-state index contributed by atoms with van der Waals surface area (Å²) in [6.45, 7) is 5.31. The van der Waals surface area contributed by atoms with Crippen LogP contribution in [0.5, 0.6) is 0 Å². The number of carbonyl (C=O) groups excluding carboxylic acids is 1. The van der Waals surface area contributed by atoms with Crippen LogP contribution in [0, 0.1) is 0 Å². The van der Waals surface area contributed by atoms with Crippen molar-refractivity contribution in [1.29, 1.82) is 0 Å². The van der Waals surface area contributed by atoms with E-state index in [-0.39, 0.29) is 18.3 Å². The zero-order valence-corrected chi connectivity index (χ0v) is 13.0. The standard InChI is InChI=1S/C15H23N3O.ClH/c1-15(16,13-7-4-3-5-8-13)14(19)18-10-6-9-17(2)11-12-18;/h3-5,7-8H,6,9-12,16H2,1-2H3;1H. The molecular weight excluding hydrogens is 274 g/mol. The van der Waals surface area contributed by atoms with Crippen LogP contribution in [-0.4, -0.2) is 48.9 Å². The molecule has 1 aliphatic rings. The molecule has 2 N–H and O–H groups in total. The van der Waals surface area contributed by atoms with E-state index in [0.717, 1.165) is 38.2 Å². The van der Waals surface area contributed by atoms with Crippen LogP contribution in [0.1, 0.15) is 18.9 Å². The summed E-state index contributed by atoms with van der Waals surface area (Å²) in [5.41, 5.74) is 6.23. The van der Waals surface area contributed by atoms with Gasteiger partial charge in [0.1, 0.15) is 5.54 Å². The lowest BCUT2D eigenvalue weighted by Crippen LogP contribution is -2.51. The first-order chi connectivity index (χ1) is 9.01. The third-order valence-corrected chi connectivity index (χ3v) is 3.82. The number of amides is 1. The van der Waals surface area contributed by atoms with Crippen LogP contribution in [0.25, 0.3) is 0 Å². The molecule has 1 aromatic carbocycles. The van der Waals surface area contributed by atoms with Gasteiger partial charge in [0, 0.05) is 19.6 Å². The Morgan fingerprint density at radius 3 is 2.45 bits per heavy atom. The van der Waals surface area contributed by atoms with Gasteiger partial charge in [0.2, 0.25) is 5.91 Å². The first-order valence-electron chi connectivity index (χ1n) is 6.84. The molecule has 20 heavy (non-hydrogen) atoms. The number of benzene rings is 1. The molecule has 2 rings (SSSR count). The van der Waals surface area contributed by atoms with Gasteiger partial charge in [-0.05, 0) is 32.5 Å². The fourth-order valence-corrected chi connectivity index (χ4v) is 2.49.